The second kappa shape index (κ2) is 16.1. The average molecular weight is 665 g/mol. The molecule has 9 nitrogen and oxygen atoms in total. The van der Waals surface area contributed by atoms with Crippen LogP contribution in [0.25, 0.3) is 10.8 Å². The Balaban J connectivity index is 0.00000221. The van der Waals surface area contributed by atoms with Gasteiger partial charge in [0.1, 0.15) is 17.2 Å². The van der Waals surface area contributed by atoms with Crippen LogP contribution in [0.5, 0.6) is 17.2 Å². The summed E-state index contributed by atoms with van der Waals surface area (Å²) in [4.78, 5) is 39.4. The van der Waals surface area contributed by atoms with Gasteiger partial charge in [-0.25, -0.2) is 4.79 Å². The topological polar surface area (TPSA) is 131 Å². The normalized spacial score (nSPS) is 15.5. The number of nitrogens with one attached hydrogen (secondary N) is 2. The van der Waals surface area contributed by atoms with Crippen molar-refractivity contribution in [3.63, 3.8) is 0 Å². The van der Waals surface area contributed by atoms with Gasteiger partial charge in [0.05, 0.1) is 17.4 Å². The summed E-state index contributed by atoms with van der Waals surface area (Å²) in [6, 6.07) is 32.1. The number of carbonyl (C=O) groups is 2. The van der Waals surface area contributed by atoms with Crippen molar-refractivity contribution >= 4 is 40.3 Å². The lowest BCUT2D eigenvalue weighted by atomic mass is 9.93. The molecule has 1 aliphatic carbocycles. The number of carbonyl (C=O) groups excluding carboxylic acids is 1. The predicted octanol–water partition coefficient (Wildman–Crippen LogP) is 9.25. The minimum atomic E-state index is -1.10. The Morgan fingerprint density at radius 1 is 0.750 bits per heavy atom. The van der Waals surface area contributed by atoms with Gasteiger partial charge in [0.2, 0.25) is 0 Å². The first-order valence-electron chi connectivity index (χ1n) is 15.6. The van der Waals surface area contributed by atoms with Gasteiger partial charge in [-0.1, -0.05) is 36.4 Å². The van der Waals surface area contributed by atoms with E-state index in [0.29, 0.717) is 23.1 Å². The molecule has 5 aromatic carbocycles. The lowest BCUT2D eigenvalue weighted by Gasteiger charge is -2.29. The van der Waals surface area contributed by atoms with E-state index in [1.165, 1.54) is 22.1 Å². The van der Waals surface area contributed by atoms with Crippen molar-refractivity contribution in [1.82, 2.24) is 4.72 Å². The van der Waals surface area contributed by atoms with Crippen molar-refractivity contribution in [2.75, 3.05) is 5.32 Å². The van der Waals surface area contributed by atoms with E-state index in [4.69, 9.17) is 19.4 Å². The summed E-state index contributed by atoms with van der Waals surface area (Å²) < 4.78 is 16.1. The summed E-state index contributed by atoms with van der Waals surface area (Å²) in [6.45, 7) is 4.29. The molecular weight excluding hydrogens is 628 g/mol. The van der Waals surface area contributed by atoms with E-state index in [-0.39, 0.29) is 17.4 Å². The zero-order valence-electron chi connectivity index (χ0n) is 26.6. The highest BCUT2D eigenvalue weighted by Crippen LogP contribution is 2.31. The van der Waals surface area contributed by atoms with E-state index >= 15 is 0 Å². The van der Waals surface area contributed by atoms with Crippen LogP contribution in [0.2, 0.25) is 0 Å². The van der Waals surface area contributed by atoms with Crippen LogP contribution in [0.3, 0.4) is 0 Å². The summed E-state index contributed by atoms with van der Waals surface area (Å²) >= 11 is 1.75. The van der Waals surface area contributed by atoms with E-state index in [0.717, 1.165) is 42.2 Å². The number of aryl methyl sites for hydroxylation is 2. The largest absolute Gasteiger partial charge is 0.490 e. The number of anilines is 1. The summed E-state index contributed by atoms with van der Waals surface area (Å²) in [5, 5.41) is 14.1. The molecule has 6 rings (SSSR count). The number of hydrogen-bond donors (Lipinski definition) is 3. The monoisotopic (exact) mass is 664 g/mol. The molecule has 10 heteroatoms. The van der Waals surface area contributed by atoms with Gasteiger partial charge in [0, 0.05) is 26.4 Å². The van der Waals surface area contributed by atoms with Crippen LogP contribution in [0.4, 0.5) is 5.69 Å². The number of para-hydroxylation sites is 1. The third-order valence-electron chi connectivity index (χ3n) is 8.20. The van der Waals surface area contributed by atoms with Crippen LogP contribution in [0.15, 0.2) is 108 Å². The van der Waals surface area contributed by atoms with Gasteiger partial charge < -0.3 is 19.9 Å². The Labute approximate surface area is 283 Å². The maximum absolute atomic E-state index is 12.7. The van der Waals surface area contributed by atoms with Gasteiger partial charge in [0.15, 0.2) is 0 Å². The van der Waals surface area contributed by atoms with Crippen molar-refractivity contribution < 1.29 is 24.2 Å². The van der Waals surface area contributed by atoms with E-state index in [9.17, 15) is 14.7 Å². The molecule has 48 heavy (non-hydrogen) atoms. The van der Waals surface area contributed by atoms with Gasteiger partial charge in [0.25, 0.3) is 5.91 Å². The van der Waals surface area contributed by atoms with Crippen molar-refractivity contribution in [3.8, 4) is 17.2 Å². The van der Waals surface area contributed by atoms with Crippen molar-refractivity contribution in [3.05, 3.63) is 135 Å². The molecule has 246 valence electrons. The lowest BCUT2D eigenvalue weighted by molar-refractivity contribution is 0.0698. The molecular formula is C38H36N2O7S. The molecule has 3 N–H and O–H groups in total. The van der Waals surface area contributed by atoms with Crippen molar-refractivity contribution in [2.45, 2.75) is 56.6 Å². The van der Waals surface area contributed by atoms with Crippen LogP contribution in [0.1, 0.15) is 57.5 Å². The molecule has 5 aromatic rings. The molecule has 0 radical (unpaired) electrons. The smallest absolute Gasteiger partial charge is 0.337 e. The van der Waals surface area contributed by atoms with Gasteiger partial charge in [-0.05, 0) is 140 Å². The first kappa shape index (κ1) is 34.2. The highest BCUT2D eigenvalue weighted by molar-refractivity contribution is 7.97. The number of carboxylic acid groups (broad SMARTS) is 1. The van der Waals surface area contributed by atoms with Crippen LogP contribution < -0.4 is 19.5 Å². The second-order valence-corrected chi connectivity index (χ2v) is 12.6. The predicted molar refractivity (Wildman–Crippen MR) is 190 cm³/mol. The number of hydrogen-bond acceptors (Lipinski definition) is 8. The highest BCUT2D eigenvalue weighted by Gasteiger charge is 2.23. The van der Waals surface area contributed by atoms with Gasteiger partial charge in [-0.3, -0.25) is 9.52 Å². The molecule has 1 amide bonds. The van der Waals surface area contributed by atoms with E-state index < -0.39 is 11.9 Å². The third-order valence-corrected chi connectivity index (χ3v) is 9.31. The molecule has 1 saturated carbocycles. The van der Waals surface area contributed by atoms with Gasteiger partial charge in [-0.15, -0.1) is 0 Å². The molecule has 0 unspecified atom stereocenters. The fourth-order valence-corrected chi connectivity index (χ4v) is 6.58. The first-order valence-corrected chi connectivity index (χ1v) is 16.4. The number of benzene rings is 5. The maximum atomic E-state index is 12.7. The minimum Gasteiger partial charge on any atom is -0.490 e. The zero-order valence-corrected chi connectivity index (χ0v) is 27.4. The Bertz CT molecular complexity index is 1890. The molecule has 0 aliphatic heterocycles. The second-order valence-electron chi connectivity index (χ2n) is 11.7. The van der Waals surface area contributed by atoms with E-state index in [1.807, 2.05) is 30.3 Å². The highest BCUT2D eigenvalue weighted by atomic mass is 32.2. The van der Waals surface area contributed by atoms with Crippen LogP contribution in [0, 0.1) is 23.8 Å². The molecule has 0 saturated heterocycles. The Hall–Kier alpha value is -5.19. The van der Waals surface area contributed by atoms with E-state index in [1.54, 1.807) is 54.4 Å². The fourth-order valence-electron chi connectivity index (χ4n) is 5.58. The van der Waals surface area contributed by atoms with Crippen LogP contribution in [-0.4, -0.2) is 29.1 Å². The number of rotatable bonds is 10. The number of amides is 1. The van der Waals surface area contributed by atoms with Gasteiger partial charge >= 0.3 is 5.97 Å². The first-order chi connectivity index (χ1) is 23.3. The quantitative estimate of drug-likeness (QED) is 0.125. The summed E-state index contributed by atoms with van der Waals surface area (Å²) in [5.41, 5.74) is 3.25. The molecule has 0 spiro atoms. The fraction of sp³-hybridized carbons (Fsp3) is 0.211. The Morgan fingerprint density at radius 3 is 2.10 bits per heavy atom. The lowest BCUT2D eigenvalue weighted by Crippen LogP contribution is -2.33. The summed E-state index contributed by atoms with van der Waals surface area (Å²) in [6.07, 6.45) is 4.42. The Kier molecular flexibility index (Phi) is 11.4. The number of fused-ring (bicyclic) bond motifs is 1. The summed E-state index contributed by atoms with van der Waals surface area (Å²) in [5.74, 6) is 0.634. The molecule has 0 bridgehead atoms. The number of ether oxygens (including phenoxy) is 2. The minimum absolute atomic E-state index is 0.0324. The van der Waals surface area contributed by atoms with Crippen LogP contribution >= 0.6 is 11.9 Å². The van der Waals surface area contributed by atoms with Crippen molar-refractivity contribution in [2.24, 2.45) is 0 Å². The van der Waals surface area contributed by atoms with Crippen LogP contribution in [-0.2, 0) is 0 Å². The van der Waals surface area contributed by atoms with E-state index in [2.05, 4.69) is 48.2 Å². The SMILES string of the molecule is Cc1ccc(C)c(SNC2CCC(Oc3ccc4cc(Oc5ccc(C(=O)Nc6ccccc6C(=O)O)cc5)ccc4c3)CC2)c1.O=O. The molecule has 1 fully saturated rings. The Morgan fingerprint density at radius 2 is 1.40 bits per heavy atom. The zero-order chi connectivity index (χ0) is 34.0. The standard InChI is InChI=1S/C38H36N2O5S.O2/c1-24-7-8-25(2)36(21-24)46-40-29-13-19-31(20-14-29)45-33-18-12-27-22-32(17-11-28(27)23-33)44-30-15-9-26(10-16-30)37(41)39-35-6-4-3-5-34(35)38(42)43;1-2/h3-12,15-18,21-23,29,31,40H,13-14,19-20H2,1-2H3,(H,39,41)(H,42,43);. The average Bonchev–Trinajstić information content (AvgIpc) is 3.10. The third kappa shape index (κ3) is 8.78. The molecule has 0 atom stereocenters. The molecule has 0 aromatic heterocycles. The number of carboxylic acids is 1. The maximum Gasteiger partial charge on any atom is 0.337 e. The molecule has 1 aliphatic rings. The van der Waals surface area contributed by atoms with Gasteiger partial charge in [-0.2, -0.15) is 0 Å². The molecule has 0 heterocycles. The van der Waals surface area contributed by atoms with Crippen molar-refractivity contribution in [1.29, 1.82) is 0 Å². The summed E-state index contributed by atoms with van der Waals surface area (Å²) in [7, 11) is 0. The number of aromatic carboxylic acids is 1.